The average Bonchev–Trinajstić information content (AvgIpc) is 2.86. The van der Waals surface area contributed by atoms with Gasteiger partial charge in [0.1, 0.15) is 6.79 Å². The summed E-state index contributed by atoms with van der Waals surface area (Å²) in [7, 11) is -1.96. The highest BCUT2D eigenvalue weighted by atomic mass is 32.2. The van der Waals surface area contributed by atoms with Crippen LogP contribution in [-0.2, 0) is 33.2 Å². The minimum atomic E-state index is -3.57. The lowest BCUT2D eigenvalue weighted by Crippen LogP contribution is -2.79. The number of ether oxygens (including phenoxy) is 4. The van der Waals surface area contributed by atoms with E-state index in [1.807, 2.05) is 13.8 Å². The minimum Gasteiger partial charge on any atom is -0.359 e. The third-order valence-electron chi connectivity index (χ3n) is 7.18. The Morgan fingerprint density at radius 2 is 1.88 bits per heavy atom. The first-order chi connectivity index (χ1) is 12.0. The summed E-state index contributed by atoms with van der Waals surface area (Å²) in [5.41, 5.74) is -0.660. The van der Waals surface area contributed by atoms with E-state index in [1.54, 1.807) is 7.11 Å². The molecule has 7 atom stereocenters. The van der Waals surface area contributed by atoms with Gasteiger partial charge >= 0.3 is 0 Å². The monoisotopic (exact) mass is 390 g/mol. The molecule has 0 aromatic rings. The third-order valence-corrected chi connectivity index (χ3v) is 7.74. The number of methoxy groups -OCH3 is 1. The Hall–Kier alpha value is -0.250. The van der Waals surface area contributed by atoms with Crippen LogP contribution < -0.4 is 0 Å². The Bertz CT molecular complexity index is 673. The van der Waals surface area contributed by atoms with Gasteiger partial charge in [-0.2, -0.15) is 8.42 Å². The van der Waals surface area contributed by atoms with Crippen molar-refractivity contribution in [2.24, 2.45) is 23.2 Å². The number of fused-ring (bicyclic) bond motifs is 1. The zero-order valence-electron chi connectivity index (χ0n) is 16.2. The molecular weight excluding hydrogens is 360 g/mol. The molecule has 5 rings (SSSR count). The molecule has 26 heavy (non-hydrogen) atoms. The van der Waals surface area contributed by atoms with Gasteiger partial charge in [0.2, 0.25) is 0 Å². The number of hydrogen-bond donors (Lipinski definition) is 0. The molecule has 1 aliphatic heterocycles. The highest BCUT2D eigenvalue weighted by Crippen LogP contribution is 2.73. The molecule has 1 heterocycles. The van der Waals surface area contributed by atoms with Crippen molar-refractivity contribution < 1.29 is 31.5 Å². The fraction of sp³-hybridized carbons (Fsp3) is 1.00. The highest BCUT2D eigenvalue weighted by molar-refractivity contribution is 7.86. The number of hydrogen-bond acceptors (Lipinski definition) is 7. The van der Waals surface area contributed by atoms with E-state index >= 15 is 0 Å². The third kappa shape index (κ3) is 2.68. The molecule has 8 heteroatoms. The SMILES string of the molecule is COCO[C@]12CC[C@]3(C)[C@H]([C@H]4COC(C)(C)O4)[C@@H]1CC2[C@H]3OS(C)(=O)=O. The summed E-state index contributed by atoms with van der Waals surface area (Å²) in [5, 5.41) is 0. The molecule has 1 unspecified atom stereocenters. The molecule has 0 amide bonds. The lowest BCUT2D eigenvalue weighted by Gasteiger charge is -2.74. The van der Waals surface area contributed by atoms with Crippen molar-refractivity contribution >= 4 is 10.1 Å². The van der Waals surface area contributed by atoms with Gasteiger partial charge in [0.15, 0.2) is 5.79 Å². The topological polar surface area (TPSA) is 80.3 Å². The maximum absolute atomic E-state index is 12.0. The maximum atomic E-state index is 12.0. The van der Waals surface area contributed by atoms with Crippen molar-refractivity contribution in [3.63, 3.8) is 0 Å². The van der Waals surface area contributed by atoms with E-state index < -0.39 is 22.0 Å². The summed E-state index contributed by atoms with van der Waals surface area (Å²) in [4.78, 5) is 0. The normalized spacial score (nSPS) is 49.2. The van der Waals surface area contributed by atoms with Crippen LogP contribution in [0.4, 0.5) is 0 Å². The van der Waals surface area contributed by atoms with Crippen molar-refractivity contribution in [1.29, 1.82) is 0 Å². The van der Waals surface area contributed by atoms with Crippen molar-refractivity contribution in [2.75, 3.05) is 26.8 Å². The molecular formula is C18H30O7S. The molecule has 5 fully saturated rings. The quantitative estimate of drug-likeness (QED) is 0.506. The first-order valence-electron chi connectivity index (χ1n) is 9.35. The van der Waals surface area contributed by atoms with Crippen LogP contribution in [0.15, 0.2) is 0 Å². The molecule has 0 aromatic carbocycles. The van der Waals surface area contributed by atoms with Gasteiger partial charge < -0.3 is 18.9 Å². The van der Waals surface area contributed by atoms with Crippen LogP contribution >= 0.6 is 0 Å². The standard InChI is InChI=1S/C18H30O7S/c1-16(2)22-9-13(24-16)14-11-8-12-15(25-26(5,19)20)17(14,3)6-7-18(11,12)23-10-21-4/h11-15H,6-10H2,1-5H3/t11-,12?,13+,14-,15+,17+,18+/m0/s1. The van der Waals surface area contributed by atoms with Crippen LogP contribution in [0.25, 0.3) is 0 Å². The zero-order valence-corrected chi connectivity index (χ0v) is 17.0. The molecule has 4 bridgehead atoms. The lowest BCUT2D eigenvalue weighted by molar-refractivity contribution is -0.359. The molecule has 1 saturated heterocycles. The second kappa shape index (κ2) is 5.87. The van der Waals surface area contributed by atoms with E-state index in [0.29, 0.717) is 12.5 Å². The lowest BCUT2D eigenvalue weighted by atomic mass is 9.35. The molecule has 5 aliphatic rings. The molecule has 0 N–H and O–H groups in total. The van der Waals surface area contributed by atoms with Crippen LogP contribution in [0.5, 0.6) is 0 Å². The number of rotatable bonds is 6. The first-order valence-corrected chi connectivity index (χ1v) is 11.2. The van der Waals surface area contributed by atoms with Crippen molar-refractivity contribution in [1.82, 2.24) is 0 Å². The van der Waals surface area contributed by atoms with Crippen molar-refractivity contribution in [3.8, 4) is 0 Å². The van der Waals surface area contributed by atoms with E-state index in [4.69, 9.17) is 23.1 Å². The van der Waals surface area contributed by atoms with Crippen molar-refractivity contribution in [2.45, 2.75) is 63.6 Å². The van der Waals surface area contributed by atoms with Gasteiger partial charge in [0.25, 0.3) is 10.1 Å². The molecule has 7 nitrogen and oxygen atoms in total. The smallest absolute Gasteiger partial charge is 0.264 e. The molecule has 0 spiro atoms. The predicted molar refractivity (Wildman–Crippen MR) is 92.7 cm³/mol. The van der Waals surface area contributed by atoms with Gasteiger partial charge in [-0.3, -0.25) is 4.18 Å². The molecule has 4 saturated carbocycles. The summed E-state index contributed by atoms with van der Waals surface area (Å²) < 4.78 is 53.1. The Morgan fingerprint density at radius 1 is 1.15 bits per heavy atom. The average molecular weight is 390 g/mol. The fourth-order valence-corrected chi connectivity index (χ4v) is 7.00. The molecule has 0 radical (unpaired) electrons. The highest BCUT2D eigenvalue weighted by Gasteiger charge is 2.77. The van der Waals surface area contributed by atoms with E-state index in [-0.39, 0.29) is 35.7 Å². The Balaban J connectivity index is 1.70. The largest absolute Gasteiger partial charge is 0.359 e. The van der Waals surface area contributed by atoms with Gasteiger partial charge in [-0.25, -0.2) is 0 Å². The summed E-state index contributed by atoms with van der Waals surface area (Å²) in [6, 6.07) is 0. The van der Waals surface area contributed by atoms with E-state index in [1.165, 1.54) is 0 Å². The van der Waals surface area contributed by atoms with Crippen molar-refractivity contribution in [3.05, 3.63) is 0 Å². The fourth-order valence-electron chi connectivity index (χ4n) is 6.27. The van der Waals surface area contributed by atoms with Crippen LogP contribution in [0.2, 0.25) is 0 Å². The first kappa shape index (κ1) is 19.1. The summed E-state index contributed by atoms with van der Waals surface area (Å²) in [6.45, 7) is 6.71. The minimum absolute atomic E-state index is 0.0720. The van der Waals surface area contributed by atoms with E-state index in [0.717, 1.165) is 25.5 Å². The summed E-state index contributed by atoms with van der Waals surface area (Å²) in [5.74, 6) is -0.105. The van der Waals surface area contributed by atoms with E-state index in [9.17, 15) is 8.42 Å². The van der Waals surface area contributed by atoms with Crippen LogP contribution in [0.3, 0.4) is 0 Å². The predicted octanol–water partition coefficient (Wildman–Crippen LogP) is 1.91. The molecule has 4 aliphatic carbocycles. The van der Waals surface area contributed by atoms with E-state index in [2.05, 4.69) is 6.92 Å². The van der Waals surface area contributed by atoms with Crippen LogP contribution in [-0.4, -0.2) is 58.8 Å². The zero-order chi connectivity index (χ0) is 19.0. The van der Waals surface area contributed by atoms with Gasteiger partial charge in [0.05, 0.1) is 30.7 Å². The second-order valence-electron chi connectivity index (χ2n) is 9.07. The maximum Gasteiger partial charge on any atom is 0.264 e. The van der Waals surface area contributed by atoms with Gasteiger partial charge in [-0.05, 0) is 39.0 Å². The van der Waals surface area contributed by atoms with Crippen LogP contribution in [0, 0.1) is 23.2 Å². The molecule has 150 valence electrons. The van der Waals surface area contributed by atoms with Gasteiger partial charge in [-0.15, -0.1) is 0 Å². The molecule has 0 aromatic heterocycles. The summed E-state index contributed by atoms with van der Waals surface area (Å²) >= 11 is 0. The Morgan fingerprint density at radius 3 is 2.46 bits per heavy atom. The Kier molecular flexibility index (Phi) is 4.31. The van der Waals surface area contributed by atoms with Gasteiger partial charge in [-0.1, -0.05) is 6.92 Å². The van der Waals surface area contributed by atoms with Gasteiger partial charge in [0, 0.05) is 24.4 Å². The Labute approximate surface area is 155 Å². The summed E-state index contributed by atoms with van der Waals surface area (Å²) in [6.07, 6.45) is 3.28. The van der Waals surface area contributed by atoms with Crippen LogP contribution in [0.1, 0.15) is 40.0 Å². The second-order valence-corrected chi connectivity index (χ2v) is 10.7.